The second-order valence-electron chi connectivity index (χ2n) is 6.63. The zero-order valence-electron chi connectivity index (χ0n) is 14.9. The third kappa shape index (κ3) is 4.36. The lowest BCUT2D eigenvalue weighted by molar-refractivity contribution is -0.122. The number of rotatable bonds is 5. The van der Waals surface area contributed by atoms with Crippen molar-refractivity contribution in [2.24, 2.45) is 11.7 Å². The molecule has 0 spiro atoms. The van der Waals surface area contributed by atoms with Crippen LogP contribution in [0.15, 0.2) is 46.9 Å². The molecule has 1 unspecified atom stereocenters. The first-order valence-corrected chi connectivity index (χ1v) is 9.38. The summed E-state index contributed by atoms with van der Waals surface area (Å²) in [6, 6.07) is 12.7. The number of hydrogen-bond acceptors (Lipinski definition) is 3. The molecule has 0 radical (unpaired) electrons. The molecule has 140 valence electrons. The van der Waals surface area contributed by atoms with Gasteiger partial charge in [0.2, 0.25) is 17.7 Å². The maximum absolute atomic E-state index is 12.7. The third-order valence-electron chi connectivity index (χ3n) is 4.59. The molecule has 1 aliphatic rings. The zero-order chi connectivity index (χ0) is 19.6. The molecule has 3 amide bonds. The summed E-state index contributed by atoms with van der Waals surface area (Å²) in [5.74, 6) is -1.24. The summed E-state index contributed by atoms with van der Waals surface area (Å²) < 4.78 is 0.971. The van der Waals surface area contributed by atoms with Gasteiger partial charge in [-0.15, -0.1) is 0 Å². The van der Waals surface area contributed by atoms with E-state index in [1.165, 1.54) is 0 Å². The smallest absolute Gasteiger partial charge is 0.229 e. The van der Waals surface area contributed by atoms with Gasteiger partial charge in [0.15, 0.2) is 0 Å². The van der Waals surface area contributed by atoms with Crippen LogP contribution in [0.3, 0.4) is 0 Å². The van der Waals surface area contributed by atoms with Crippen LogP contribution in [-0.2, 0) is 20.8 Å². The van der Waals surface area contributed by atoms with Gasteiger partial charge in [-0.2, -0.15) is 0 Å². The lowest BCUT2D eigenvalue weighted by Gasteiger charge is -2.18. The Morgan fingerprint density at radius 1 is 1.26 bits per heavy atom. The van der Waals surface area contributed by atoms with Crippen molar-refractivity contribution in [3.8, 4) is 0 Å². The Hall–Kier alpha value is -2.67. The van der Waals surface area contributed by atoms with Gasteiger partial charge in [-0.1, -0.05) is 34.1 Å². The van der Waals surface area contributed by atoms with Crippen molar-refractivity contribution in [2.45, 2.75) is 19.8 Å². The van der Waals surface area contributed by atoms with E-state index in [4.69, 9.17) is 5.73 Å². The fourth-order valence-corrected chi connectivity index (χ4v) is 3.40. The van der Waals surface area contributed by atoms with E-state index >= 15 is 0 Å². The normalized spacial score (nSPS) is 16.4. The summed E-state index contributed by atoms with van der Waals surface area (Å²) in [6.07, 6.45) is 0.198. The third-order valence-corrected chi connectivity index (χ3v) is 5.48. The monoisotopic (exact) mass is 429 g/mol. The summed E-state index contributed by atoms with van der Waals surface area (Å²) in [6.45, 7) is 2.28. The molecule has 2 aromatic rings. The van der Waals surface area contributed by atoms with Crippen molar-refractivity contribution >= 4 is 45.0 Å². The Labute approximate surface area is 165 Å². The minimum atomic E-state index is -0.468. The Morgan fingerprint density at radius 3 is 2.70 bits per heavy atom. The average molecular weight is 430 g/mol. The van der Waals surface area contributed by atoms with Crippen molar-refractivity contribution in [2.75, 3.05) is 16.8 Å². The Kier molecular flexibility index (Phi) is 5.60. The van der Waals surface area contributed by atoms with Gasteiger partial charge in [-0.05, 0) is 42.3 Å². The van der Waals surface area contributed by atoms with E-state index in [-0.39, 0.29) is 24.7 Å². The number of nitrogens with two attached hydrogens (primary N) is 1. The van der Waals surface area contributed by atoms with E-state index in [9.17, 15) is 14.4 Å². The first kappa shape index (κ1) is 19.1. The van der Waals surface area contributed by atoms with E-state index < -0.39 is 11.8 Å². The number of anilines is 2. The summed E-state index contributed by atoms with van der Waals surface area (Å²) in [7, 11) is 0. The topological polar surface area (TPSA) is 92.5 Å². The molecule has 0 aliphatic carbocycles. The SMILES string of the molecule is Cc1cc(N2CC(C(=O)Nc3ccccc3CC(N)=O)CC2=O)ccc1Br. The molecular formula is C20H20BrN3O3. The van der Waals surface area contributed by atoms with Crippen molar-refractivity contribution in [3.63, 3.8) is 0 Å². The predicted octanol–water partition coefficient (Wildman–Crippen LogP) is 2.78. The Balaban J connectivity index is 1.73. The number of nitrogens with zero attached hydrogens (tertiary/aromatic N) is 1. The minimum absolute atomic E-state index is 0.0460. The lowest BCUT2D eigenvalue weighted by Crippen LogP contribution is -2.28. The van der Waals surface area contributed by atoms with E-state index in [2.05, 4.69) is 21.2 Å². The summed E-state index contributed by atoms with van der Waals surface area (Å²) in [5.41, 5.74) is 8.27. The fraction of sp³-hybridized carbons (Fsp3) is 0.250. The quantitative estimate of drug-likeness (QED) is 0.764. The van der Waals surface area contributed by atoms with Crippen LogP contribution in [0.1, 0.15) is 17.5 Å². The minimum Gasteiger partial charge on any atom is -0.369 e. The largest absolute Gasteiger partial charge is 0.369 e. The van der Waals surface area contributed by atoms with Gasteiger partial charge in [-0.3, -0.25) is 14.4 Å². The van der Waals surface area contributed by atoms with Crippen molar-refractivity contribution in [1.29, 1.82) is 0 Å². The van der Waals surface area contributed by atoms with E-state index in [0.717, 1.165) is 15.7 Å². The van der Waals surface area contributed by atoms with Gasteiger partial charge in [-0.25, -0.2) is 0 Å². The molecule has 1 aliphatic heterocycles. The maximum Gasteiger partial charge on any atom is 0.229 e. The number of hydrogen-bond donors (Lipinski definition) is 2. The van der Waals surface area contributed by atoms with Crippen LogP contribution in [0.4, 0.5) is 11.4 Å². The maximum atomic E-state index is 12.7. The molecule has 1 fully saturated rings. The van der Waals surface area contributed by atoms with E-state index in [1.807, 2.05) is 25.1 Å². The average Bonchev–Trinajstić information content (AvgIpc) is 3.00. The zero-order valence-corrected chi connectivity index (χ0v) is 16.5. The van der Waals surface area contributed by atoms with Crippen LogP contribution in [0.25, 0.3) is 0 Å². The van der Waals surface area contributed by atoms with Crippen LogP contribution in [0.2, 0.25) is 0 Å². The van der Waals surface area contributed by atoms with Crippen LogP contribution in [0, 0.1) is 12.8 Å². The molecule has 3 rings (SSSR count). The second kappa shape index (κ2) is 7.92. The van der Waals surface area contributed by atoms with Gasteiger partial charge in [0.1, 0.15) is 0 Å². The van der Waals surface area contributed by atoms with Gasteiger partial charge >= 0.3 is 0 Å². The van der Waals surface area contributed by atoms with Crippen molar-refractivity contribution in [1.82, 2.24) is 0 Å². The Bertz CT molecular complexity index is 913. The van der Waals surface area contributed by atoms with Crippen LogP contribution in [-0.4, -0.2) is 24.3 Å². The standard InChI is InChI=1S/C20H20BrN3O3/c1-12-8-15(6-7-16(12)21)24-11-14(10-19(24)26)20(27)23-17-5-3-2-4-13(17)9-18(22)25/h2-8,14H,9-11H2,1H3,(H2,22,25)(H,23,27). The number of nitrogens with one attached hydrogen (secondary N) is 1. The molecule has 0 saturated carbocycles. The summed E-state index contributed by atoms with van der Waals surface area (Å²) in [5, 5.41) is 2.84. The van der Waals surface area contributed by atoms with E-state index in [0.29, 0.717) is 17.8 Å². The van der Waals surface area contributed by atoms with Crippen LogP contribution < -0.4 is 16.0 Å². The molecule has 2 aromatic carbocycles. The van der Waals surface area contributed by atoms with Crippen molar-refractivity contribution < 1.29 is 14.4 Å². The second-order valence-corrected chi connectivity index (χ2v) is 7.48. The van der Waals surface area contributed by atoms with Crippen molar-refractivity contribution in [3.05, 3.63) is 58.1 Å². The summed E-state index contributed by atoms with van der Waals surface area (Å²) in [4.78, 5) is 38.0. The highest BCUT2D eigenvalue weighted by Gasteiger charge is 2.35. The molecule has 3 N–H and O–H groups in total. The lowest BCUT2D eigenvalue weighted by atomic mass is 10.1. The van der Waals surface area contributed by atoms with Crippen LogP contribution >= 0.6 is 15.9 Å². The van der Waals surface area contributed by atoms with Gasteiger partial charge in [0, 0.05) is 28.8 Å². The molecule has 27 heavy (non-hydrogen) atoms. The number of carbonyl (C=O) groups is 3. The number of primary amides is 1. The van der Waals surface area contributed by atoms with Gasteiger partial charge in [0.25, 0.3) is 0 Å². The number of carbonyl (C=O) groups excluding carboxylic acids is 3. The Morgan fingerprint density at radius 2 is 2.00 bits per heavy atom. The number of halogens is 1. The molecule has 0 aromatic heterocycles. The fourth-order valence-electron chi connectivity index (χ4n) is 3.15. The van der Waals surface area contributed by atoms with Gasteiger partial charge < -0.3 is 16.0 Å². The molecule has 0 bridgehead atoms. The first-order valence-electron chi connectivity index (χ1n) is 8.58. The molecule has 7 heteroatoms. The van der Waals surface area contributed by atoms with Crippen LogP contribution in [0.5, 0.6) is 0 Å². The number of aryl methyl sites for hydroxylation is 1. The highest BCUT2D eigenvalue weighted by molar-refractivity contribution is 9.10. The molecule has 1 saturated heterocycles. The van der Waals surface area contributed by atoms with E-state index in [1.54, 1.807) is 29.2 Å². The predicted molar refractivity (Wildman–Crippen MR) is 107 cm³/mol. The highest BCUT2D eigenvalue weighted by atomic mass is 79.9. The van der Waals surface area contributed by atoms with Gasteiger partial charge in [0.05, 0.1) is 12.3 Å². The molecule has 1 heterocycles. The number of amides is 3. The highest BCUT2D eigenvalue weighted by Crippen LogP contribution is 2.29. The summed E-state index contributed by atoms with van der Waals surface area (Å²) >= 11 is 3.45. The number of benzene rings is 2. The number of para-hydroxylation sites is 1. The first-order chi connectivity index (χ1) is 12.8. The molecule has 6 nitrogen and oxygen atoms in total. The molecule has 1 atom stereocenters. The molecular weight excluding hydrogens is 410 g/mol.